The molecule has 2 amide bonds. The molecule has 0 aliphatic carbocycles. The molecule has 31 heavy (non-hydrogen) atoms. The maximum absolute atomic E-state index is 12.2. The van der Waals surface area contributed by atoms with Gasteiger partial charge in [0.05, 0.1) is 6.04 Å². The second-order valence-corrected chi connectivity index (χ2v) is 7.76. The second-order valence-electron chi connectivity index (χ2n) is 7.76. The quantitative estimate of drug-likeness (QED) is 0.664. The number of halogens is 1. The van der Waals surface area contributed by atoms with Crippen LogP contribution >= 0.6 is 12.4 Å². The standard InChI is InChI=1S/C21H26N6O3.ClH/c1-13-9-18(25-21(29)30)17-10-15(3-4-19(17)27(13)14(2)28)16-11-23-20(24-12-16)26-7-5-22-6-8-26;/h3-4,10-13,18,22,25H,5-9H2,1-2H3,(H,29,30);1H. The molecule has 0 spiro atoms. The van der Waals surface area contributed by atoms with Crippen molar-refractivity contribution in [1.82, 2.24) is 20.6 Å². The lowest BCUT2D eigenvalue weighted by Crippen LogP contribution is -2.45. The Kier molecular flexibility index (Phi) is 6.97. The number of fused-ring (bicyclic) bond motifs is 1. The number of carboxylic acid groups (broad SMARTS) is 1. The minimum absolute atomic E-state index is 0. The van der Waals surface area contributed by atoms with Crippen molar-refractivity contribution >= 4 is 36.0 Å². The van der Waals surface area contributed by atoms with E-state index < -0.39 is 6.09 Å². The second kappa shape index (κ2) is 9.49. The topological polar surface area (TPSA) is 111 Å². The number of benzene rings is 1. The van der Waals surface area contributed by atoms with E-state index in [4.69, 9.17) is 0 Å². The third kappa shape index (κ3) is 4.72. The van der Waals surface area contributed by atoms with E-state index >= 15 is 0 Å². The summed E-state index contributed by atoms with van der Waals surface area (Å²) in [6.45, 7) is 7.04. The average Bonchev–Trinajstić information content (AvgIpc) is 2.73. The fraction of sp³-hybridized carbons (Fsp3) is 0.429. The fourth-order valence-corrected chi connectivity index (χ4v) is 4.31. The summed E-state index contributed by atoms with van der Waals surface area (Å²) < 4.78 is 0. The lowest BCUT2D eigenvalue weighted by Gasteiger charge is -2.39. The molecule has 0 bridgehead atoms. The number of aromatic nitrogens is 2. The maximum Gasteiger partial charge on any atom is 0.405 e. The number of nitrogens with one attached hydrogen (secondary N) is 2. The summed E-state index contributed by atoms with van der Waals surface area (Å²) in [6.07, 6.45) is 3.02. The van der Waals surface area contributed by atoms with Crippen LogP contribution in [-0.4, -0.2) is 59.3 Å². The van der Waals surface area contributed by atoms with E-state index in [1.165, 1.54) is 6.92 Å². The number of amides is 2. The number of nitrogens with zero attached hydrogens (tertiary/aromatic N) is 4. The molecule has 4 rings (SSSR count). The van der Waals surface area contributed by atoms with Crippen LogP contribution in [0.4, 0.5) is 16.4 Å². The fourth-order valence-electron chi connectivity index (χ4n) is 4.31. The normalized spacial score (nSPS) is 20.5. The molecule has 0 saturated carbocycles. The Morgan fingerprint density at radius 2 is 1.84 bits per heavy atom. The van der Waals surface area contributed by atoms with Gasteiger partial charge in [-0.3, -0.25) is 4.79 Å². The van der Waals surface area contributed by atoms with Gasteiger partial charge in [0.25, 0.3) is 0 Å². The average molecular weight is 447 g/mol. The number of carbonyl (C=O) groups excluding carboxylic acids is 1. The first kappa shape index (κ1) is 22.8. The van der Waals surface area contributed by atoms with E-state index in [0.717, 1.165) is 48.6 Å². The predicted octanol–water partition coefficient (Wildman–Crippen LogP) is 2.43. The van der Waals surface area contributed by atoms with E-state index in [-0.39, 0.29) is 30.4 Å². The van der Waals surface area contributed by atoms with Gasteiger partial charge in [-0.1, -0.05) is 6.07 Å². The molecule has 10 heteroatoms. The molecule has 2 aliphatic heterocycles. The van der Waals surface area contributed by atoms with E-state index in [0.29, 0.717) is 12.4 Å². The zero-order valence-electron chi connectivity index (χ0n) is 17.5. The van der Waals surface area contributed by atoms with Crippen LogP contribution in [0.2, 0.25) is 0 Å². The monoisotopic (exact) mass is 446 g/mol. The summed E-state index contributed by atoms with van der Waals surface area (Å²) in [7, 11) is 0. The van der Waals surface area contributed by atoms with Crippen molar-refractivity contribution in [2.75, 3.05) is 36.0 Å². The van der Waals surface area contributed by atoms with E-state index in [9.17, 15) is 14.7 Å². The molecule has 2 unspecified atom stereocenters. The first-order valence-corrected chi connectivity index (χ1v) is 10.2. The van der Waals surface area contributed by atoms with E-state index in [1.54, 1.807) is 17.3 Å². The Balaban J connectivity index is 0.00000272. The number of piperazine rings is 1. The van der Waals surface area contributed by atoms with Gasteiger partial charge < -0.3 is 25.5 Å². The molecular formula is C21H27ClN6O3. The highest BCUT2D eigenvalue weighted by Crippen LogP contribution is 2.39. The van der Waals surface area contributed by atoms with Gasteiger partial charge >= 0.3 is 6.09 Å². The molecule has 1 saturated heterocycles. The van der Waals surface area contributed by atoms with Crippen LogP contribution in [0.3, 0.4) is 0 Å². The van der Waals surface area contributed by atoms with E-state index in [2.05, 4.69) is 25.5 Å². The number of hydrogen-bond donors (Lipinski definition) is 3. The molecule has 3 N–H and O–H groups in total. The number of rotatable bonds is 3. The van der Waals surface area contributed by atoms with Gasteiger partial charge in [-0.2, -0.15) is 0 Å². The molecule has 166 valence electrons. The lowest BCUT2D eigenvalue weighted by atomic mass is 9.89. The van der Waals surface area contributed by atoms with Gasteiger partial charge in [0, 0.05) is 62.8 Å². The van der Waals surface area contributed by atoms with Crippen LogP contribution in [0.5, 0.6) is 0 Å². The zero-order chi connectivity index (χ0) is 21.3. The molecule has 2 atom stereocenters. The summed E-state index contributed by atoms with van der Waals surface area (Å²) in [5.41, 5.74) is 3.26. The maximum atomic E-state index is 12.2. The van der Waals surface area contributed by atoms with Crippen molar-refractivity contribution < 1.29 is 14.7 Å². The van der Waals surface area contributed by atoms with Gasteiger partial charge in [0.15, 0.2) is 0 Å². The van der Waals surface area contributed by atoms with Crippen LogP contribution in [0.15, 0.2) is 30.6 Å². The smallest absolute Gasteiger partial charge is 0.405 e. The number of anilines is 2. The SMILES string of the molecule is CC(=O)N1c2ccc(-c3cnc(N4CCNCC4)nc3)cc2C(NC(=O)O)CC1C.Cl. The zero-order valence-corrected chi connectivity index (χ0v) is 18.4. The highest BCUT2D eigenvalue weighted by atomic mass is 35.5. The molecule has 1 aromatic carbocycles. The van der Waals surface area contributed by atoms with Gasteiger partial charge in [-0.05, 0) is 36.6 Å². The van der Waals surface area contributed by atoms with Crippen molar-refractivity contribution in [2.45, 2.75) is 32.4 Å². The Morgan fingerprint density at radius 3 is 2.45 bits per heavy atom. The molecule has 1 aromatic heterocycles. The summed E-state index contributed by atoms with van der Waals surface area (Å²) in [6, 6.07) is 5.25. The van der Waals surface area contributed by atoms with Gasteiger partial charge in [-0.15, -0.1) is 12.4 Å². The lowest BCUT2D eigenvalue weighted by molar-refractivity contribution is -0.117. The molecule has 0 radical (unpaired) electrons. The van der Waals surface area contributed by atoms with Crippen molar-refractivity contribution in [1.29, 1.82) is 0 Å². The minimum atomic E-state index is -1.08. The van der Waals surface area contributed by atoms with Crippen molar-refractivity contribution in [2.24, 2.45) is 0 Å². The highest BCUT2D eigenvalue weighted by Gasteiger charge is 2.33. The highest BCUT2D eigenvalue weighted by molar-refractivity contribution is 5.94. The number of hydrogen-bond acceptors (Lipinski definition) is 6. The minimum Gasteiger partial charge on any atom is -0.465 e. The predicted molar refractivity (Wildman–Crippen MR) is 121 cm³/mol. The molecular weight excluding hydrogens is 420 g/mol. The Hall–Kier alpha value is -2.91. The van der Waals surface area contributed by atoms with Gasteiger partial charge in [0.2, 0.25) is 11.9 Å². The first-order chi connectivity index (χ1) is 14.4. The Labute approximate surface area is 187 Å². The number of carbonyl (C=O) groups is 2. The molecule has 2 aromatic rings. The molecule has 3 heterocycles. The summed E-state index contributed by atoms with van der Waals surface area (Å²) in [5.74, 6) is 0.647. The van der Waals surface area contributed by atoms with Gasteiger partial charge in [-0.25, -0.2) is 14.8 Å². The van der Waals surface area contributed by atoms with Gasteiger partial charge in [0.1, 0.15) is 0 Å². The van der Waals surface area contributed by atoms with Crippen molar-refractivity contribution in [3.8, 4) is 11.1 Å². The third-order valence-electron chi connectivity index (χ3n) is 5.69. The van der Waals surface area contributed by atoms with Crippen LogP contribution in [-0.2, 0) is 4.79 Å². The summed E-state index contributed by atoms with van der Waals surface area (Å²) in [5, 5.41) is 15.2. The Morgan fingerprint density at radius 1 is 1.16 bits per heavy atom. The van der Waals surface area contributed by atoms with Crippen molar-refractivity contribution in [3.05, 3.63) is 36.2 Å². The third-order valence-corrected chi connectivity index (χ3v) is 5.69. The largest absolute Gasteiger partial charge is 0.465 e. The van der Waals surface area contributed by atoms with Crippen LogP contribution in [0.25, 0.3) is 11.1 Å². The Bertz CT molecular complexity index is 949. The molecule has 1 fully saturated rings. The van der Waals surface area contributed by atoms with Crippen LogP contribution < -0.4 is 20.4 Å². The van der Waals surface area contributed by atoms with E-state index in [1.807, 2.05) is 25.1 Å². The first-order valence-electron chi connectivity index (χ1n) is 10.2. The van der Waals surface area contributed by atoms with Crippen molar-refractivity contribution in [3.63, 3.8) is 0 Å². The molecule has 2 aliphatic rings. The summed E-state index contributed by atoms with van der Waals surface area (Å²) >= 11 is 0. The summed E-state index contributed by atoms with van der Waals surface area (Å²) in [4.78, 5) is 36.4. The van der Waals surface area contributed by atoms with Crippen LogP contribution in [0, 0.1) is 0 Å². The molecule has 9 nitrogen and oxygen atoms in total. The van der Waals surface area contributed by atoms with Crippen LogP contribution in [0.1, 0.15) is 31.9 Å².